The molecule has 9 heteroatoms. The van der Waals surface area contributed by atoms with Crippen molar-refractivity contribution in [2.45, 2.75) is 39.5 Å². The van der Waals surface area contributed by atoms with Crippen molar-refractivity contribution in [2.75, 3.05) is 10.8 Å². The predicted octanol–water partition coefficient (Wildman–Crippen LogP) is 5.50. The molecule has 0 aliphatic carbocycles. The van der Waals surface area contributed by atoms with Gasteiger partial charge < -0.3 is 4.57 Å². The molecule has 3 aromatic carbocycles. The van der Waals surface area contributed by atoms with Crippen LogP contribution >= 0.6 is 0 Å². The maximum Gasteiger partial charge on any atom is 0.264 e. The quantitative estimate of drug-likeness (QED) is 0.234. The summed E-state index contributed by atoms with van der Waals surface area (Å²) >= 11 is 0. The molecule has 4 aromatic rings. The summed E-state index contributed by atoms with van der Waals surface area (Å²) in [5.41, 5.74) is 9.62. The van der Waals surface area contributed by atoms with Crippen molar-refractivity contribution in [2.24, 2.45) is 5.10 Å². The number of nitrogens with zero attached hydrogens (tertiary/aromatic N) is 3. The highest BCUT2D eigenvalue weighted by Gasteiger charge is 2.27. The monoisotopic (exact) mass is 546 g/mol. The average Bonchev–Trinajstić information content (AvgIpc) is 3.15. The Bertz CT molecular complexity index is 1620. The summed E-state index contributed by atoms with van der Waals surface area (Å²) in [6, 6.07) is 19.5. The third kappa shape index (κ3) is 6.26. The first-order chi connectivity index (χ1) is 18.5. The second-order valence-corrected chi connectivity index (χ2v) is 11.5. The van der Waals surface area contributed by atoms with Gasteiger partial charge in [0.15, 0.2) is 0 Å². The molecule has 4 rings (SSSR count). The van der Waals surface area contributed by atoms with Gasteiger partial charge in [0.2, 0.25) is 0 Å². The van der Waals surface area contributed by atoms with Gasteiger partial charge in [0, 0.05) is 22.6 Å². The number of hydrogen-bond donors (Lipinski definition) is 1. The lowest BCUT2D eigenvalue weighted by atomic mass is 10.1. The number of carbonyl (C=O) groups is 1. The predicted molar refractivity (Wildman–Crippen MR) is 153 cm³/mol. The number of sulfonamides is 1. The molecule has 0 atom stereocenters. The first-order valence-electron chi connectivity index (χ1n) is 12.4. The SMILES string of the molecule is Cc1ccc(S(=O)(=O)N(CC(=O)N/N=C\c2cc(C)n(-c3cc(C)cc(C)c3)c2C)c2ccc(F)cc2)cc1. The van der Waals surface area contributed by atoms with Crippen molar-refractivity contribution in [3.05, 3.63) is 112 Å². The van der Waals surface area contributed by atoms with Crippen LogP contribution in [0.15, 0.2) is 82.8 Å². The van der Waals surface area contributed by atoms with E-state index in [2.05, 4.69) is 47.1 Å². The lowest BCUT2D eigenvalue weighted by Crippen LogP contribution is -2.39. The highest BCUT2D eigenvalue weighted by atomic mass is 32.2. The van der Waals surface area contributed by atoms with Gasteiger partial charge in [0.25, 0.3) is 15.9 Å². The summed E-state index contributed by atoms with van der Waals surface area (Å²) in [6.07, 6.45) is 1.54. The van der Waals surface area contributed by atoms with Crippen molar-refractivity contribution in [1.29, 1.82) is 0 Å². The molecule has 0 spiro atoms. The van der Waals surface area contributed by atoms with E-state index in [1.807, 2.05) is 26.8 Å². The number of hydrazone groups is 1. The molecule has 0 unspecified atom stereocenters. The van der Waals surface area contributed by atoms with Crippen molar-refractivity contribution in [3.63, 3.8) is 0 Å². The van der Waals surface area contributed by atoms with Crippen LogP contribution in [0.3, 0.4) is 0 Å². The van der Waals surface area contributed by atoms with Crippen molar-refractivity contribution in [1.82, 2.24) is 9.99 Å². The summed E-state index contributed by atoms with van der Waals surface area (Å²) in [4.78, 5) is 12.9. The Morgan fingerprint density at radius 2 is 1.51 bits per heavy atom. The normalized spacial score (nSPS) is 11.6. The number of halogens is 1. The van der Waals surface area contributed by atoms with Gasteiger partial charge in [-0.1, -0.05) is 23.8 Å². The highest BCUT2D eigenvalue weighted by molar-refractivity contribution is 7.92. The van der Waals surface area contributed by atoms with Crippen molar-refractivity contribution in [3.8, 4) is 5.69 Å². The van der Waals surface area contributed by atoms with E-state index < -0.39 is 28.3 Å². The molecule has 1 amide bonds. The zero-order valence-corrected chi connectivity index (χ0v) is 23.4. The zero-order chi connectivity index (χ0) is 28.3. The molecule has 1 aromatic heterocycles. The summed E-state index contributed by atoms with van der Waals surface area (Å²) in [5, 5.41) is 4.09. The van der Waals surface area contributed by atoms with Gasteiger partial charge in [-0.05, 0) is 100 Å². The van der Waals surface area contributed by atoms with E-state index in [1.165, 1.54) is 30.5 Å². The van der Waals surface area contributed by atoms with Crippen LogP contribution in [0.5, 0.6) is 0 Å². The fraction of sp³-hybridized carbons (Fsp3) is 0.200. The van der Waals surface area contributed by atoms with Gasteiger partial charge >= 0.3 is 0 Å². The van der Waals surface area contributed by atoms with Gasteiger partial charge in [0.05, 0.1) is 16.8 Å². The van der Waals surface area contributed by atoms with E-state index in [9.17, 15) is 17.6 Å². The number of benzene rings is 3. The smallest absolute Gasteiger partial charge is 0.264 e. The molecule has 0 aliphatic heterocycles. The largest absolute Gasteiger partial charge is 0.318 e. The number of amides is 1. The van der Waals surface area contributed by atoms with Gasteiger partial charge in [-0.3, -0.25) is 9.10 Å². The second kappa shape index (κ2) is 11.2. The molecular formula is C30H31FN4O3S. The minimum Gasteiger partial charge on any atom is -0.318 e. The molecule has 0 radical (unpaired) electrons. The molecule has 0 saturated carbocycles. The van der Waals surface area contributed by atoms with Crippen LogP contribution in [0.2, 0.25) is 0 Å². The van der Waals surface area contributed by atoms with E-state index in [4.69, 9.17) is 0 Å². The van der Waals surface area contributed by atoms with E-state index >= 15 is 0 Å². The van der Waals surface area contributed by atoms with Crippen molar-refractivity contribution >= 4 is 27.8 Å². The number of nitrogens with one attached hydrogen (secondary N) is 1. The molecule has 7 nitrogen and oxygen atoms in total. The van der Waals surface area contributed by atoms with Gasteiger partial charge in [-0.15, -0.1) is 0 Å². The third-order valence-electron chi connectivity index (χ3n) is 6.34. The van der Waals surface area contributed by atoms with Crippen LogP contribution in [0.1, 0.15) is 33.6 Å². The maximum absolute atomic E-state index is 13.5. The van der Waals surface area contributed by atoms with E-state index in [1.54, 1.807) is 12.1 Å². The molecular weight excluding hydrogens is 515 g/mol. The number of anilines is 1. The van der Waals surface area contributed by atoms with Crippen LogP contribution in [0.25, 0.3) is 5.69 Å². The van der Waals surface area contributed by atoms with Crippen LogP contribution in [-0.2, 0) is 14.8 Å². The molecule has 1 N–H and O–H groups in total. The molecule has 0 fully saturated rings. The molecule has 202 valence electrons. The van der Waals surface area contributed by atoms with Gasteiger partial charge in [-0.25, -0.2) is 18.2 Å². The van der Waals surface area contributed by atoms with Gasteiger partial charge in [0.1, 0.15) is 12.4 Å². The Hall–Kier alpha value is -4.24. The molecule has 39 heavy (non-hydrogen) atoms. The van der Waals surface area contributed by atoms with Crippen LogP contribution < -0.4 is 9.73 Å². The fourth-order valence-corrected chi connectivity index (χ4v) is 5.92. The minimum absolute atomic E-state index is 0.0209. The minimum atomic E-state index is -4.11. The maximum atomic E-state index is 13.5. The Labute approximate surface area is 228 Å². The van der Waals surface area contributed by atoms with Crippen LogP contribution in [0.4, 0.5) is 10.1 Å². The Balaban J connectivity index is 1.56. The fourth-order valence-electron chi connectivity index (χ4n) is 4.49. The number of carbonyl (C=O) groups excluding carboxylic acids is 1. The molecule has 0 aliphatic rings. The number of aromatic nitrogens is 1. The topological polar surface area (TPSA) is 83.8 Å². The average molecular weight is 547 g/mol. The summed E-state index contributed by atoms with van der Waals surface area (Å²) < 4.78 is 43.5. The Morgan fingerprint density at radius 1 is 0.897 bits per heavy atom. The van der Waals surface area contributed by atoms with Crippen LogP contribution in [0, 0.1) is 40.4 Å². The standard InChI is InChI=1S/C30H31FN4O3S/c1-20-6-12-29(13-7-20)39(37,38)34(27-10-8-26(31)9-11-27)19-30(36)33-32-18-25-17-23(4)35(24(25)5)28-15-21(2)14-22(3)16-28/h6-18H,19H2,1-5H3,(H,33,36)/b32-18-. The second-order valence-electron chi connectivity index (χ2n) is 9.60. The van der Waals surface area contributed by atoms with E-state index in [-0.39, 0.29) is 10.6 Å². The molecule has 0 saturated heterocycles. The van der Waals surface area contributed by atoms with Crippen molar-refractivity contribution < 1.29 is 17.6 Å². The Kier molecular flexibility index (Phi) is 8.01. The summed E-state index contributed by atoms with van der Waals surface area (Å²) in [6.45, 7) is 9.38. The van der Waals surface area contributed by atoms with E-state index in [0.29, 0.717) is 0 Å². The molecule has 1 heterocycles. The first kappa shape index (κ1) is 27.8. The lowest BCUT2D eigenvalue weighted by molar-refractivity contribution is -0.119. The molecule has 0 bridgehead atoms. The van der Waals surface area contributed by atoms with E-state index in [0.717, 1.165) is 55.8 Å². The third-order valence-corrected chi connectivity index (χ3v) is 8.13. The zero-order valence-electron chi connectivity index (χ0n) is 22.6. The van der Waals surface area contributed by atoms with Crippen LogP contribution in [-0.4, -0.2) is 31.7 Å². The summed E-state index contributed by atoms with van der Waals surface area (Å²) in [7, 11) is -4.11. The van der Waals surface area contributed by atoms with Gasteiger partial charge in [-0.2, -0.15) is 5.10 Å². The lowest BCUT2D eigenvalue weighted by Gasteiger charge is -2.23. The Morgan fingerprint density at radius 3 is 2.13 bits per heavy atom. The number of hydrogen-bond acceptors (Lipinski definition) is 4. The number of rotatable bonds is 8. The highest BCUT2D eigenvalue weighted by Crippen LogP contribution is 2.25. The first-order valence-corrected chi connectivity index (χ1v) is 13.8. The summed E-state index contributed by atoms with van der Waals surface area (Å²) in [5.74, 6) is -1.16. The number of aryl methyl sites for hydroxylation is 4.